The van der Waals surface area contributed by atoms with Crippen molar-refractivity contribution in [3.63, 3.8) is 0 Å². The van der Waals surface area contributed by atoms with Crippen LogP contribution < -0.4 is 9.47 Å². The van der Waals surface area contributed by atoms with Gasteiger partial charge in [-0.05, 0) is 0 Å². The highest BCUT2D eigenvalue weighted by Gasteiger charge is 2.30. The number of nitro benzene ring substituents is 2. The lowest BCUT2D eigenvalue weighted by molar-refractivity contribution is -0.389. The Morgan fingerprint density at radius 1 is 0.679 bits per heavy atom. The summed E-state index contributed by atoms with van der Waals surface area (Å²) in [6.07, 6.45) is 0. The SMILES string of the molecule is O=[N+]([O-])c1c(OCCOc2cc(F)c(F)c(F)c2[N+](=O)[O-])cc(F)c(F)c1F. The van der Waals surface area contributed by atoms with E-state index in [1.54, 1.807) is 0 Å². The zero-order valence-corrected chi connectivity index (χ0v) is 13.2. The highest BCUT2D eigenvalue weighted by molar-refractivity contribution is 5.49. The normalized spacial score (nSPS) is 10.6. The number of hydrogen-bond donors (Lipinski definition) is 0. The summed E-state index contributed by atoms with van der Waals surface area (Å²) in [5.41, 5.74) is -3.05. The van der Waals surface area contributed by atoms with Gasteiger partial charge in [0, 0.05) is 12.1 Å². The molecule has 150 valence electrons. The number of rotatable bonds is 7. The molecule has 0 heterocycles. The van der Waals surface area contributed by atoms with Gasteiger partial charge in [-0.1, -0.05) is 0 Å². The molecule has 8 nitrogen and oxygen atoms in total. The van der Waals surface area contributed by atoms with Crippen LogP contribution in [-0.4, -0.2) is 23.1 Å². The van der Waals surface area contributed by atoms with E-state index in [2.05, 4.69) is 9.47 Å². The number of ether oxygens (including phenoxy) is 2. The molecule has 2 aromatic carbocycles. The molecule has 0 radical (unpaired) electrons. The predicted molar refractivity (Wildman–Crippen MR) is 76.9 cm³/mol. The summed E-state index contributed by atoms with van der Waals surface area (Å²) in [5, 5.41) is 21.5. The molecule has 0 aliphatic rings. The van der Waals surface area contributed by atoms with Crippen LogP contribution in [0.25, 0.3) is 0 Å². The van der Waals surface area contributed by atoms with E-state index in [0.717, 1.165) is 0 Å². The van der Waals surface area contributed by atoms with Crippen molar-refractivity contribution < 1.29 is 45.7 Å². The van der Waals surface area contributed by atoms with Gasteiger partial charge in [0.1, 0.15) is 13.2 Å². The van der Waals surface area contributed by atoms with Gasteiger partial charge in [-0.2, -0.15) is 8.78 Å². The molecule has 0 aliphatic carbocycles. The molecule has 0 unspecified atom stereocenters. The number of benzene rings is 2. The van der Waals surface area contributed by atoms with Gasteiger partial charge in [-0.15, -0.1) is 0 Å². The molecule has 28 heavy (non-hydrogen) atoms. The van der Waals surface area contributed by atoms with Crippen molar-refractivity contribution in [2.45, 2.75) is 0 Å². The molecule has 0 bridgehead atoms. The average molecular weight is 412 g/mol. The third-order valence-electron chi connectivity index (χ3n) is 3.17. The Morgan fingerprint density at radius 2 is 1.00 bits per heavy atom. The van der Waals surface area contributed by atoms with Crippen molar-refractivity contribution >= 4 is 11.4 Å². The summed E-state index contributed by atoms with van der Waals surface area (Å²) in [7, 11) is 0. The molecule has 0 aromatic heterocycles. The lowest BCUT2D eigenvalue weighted by Gasteiger charge is -2.10. The quantitative estimate of drug-likeness (QED) is 0.225. The van der Waals surface area contributed by atoms with Crippen LogP contribution in [0.2, 0.25) is 0 Å². The number of hydrogen-bond acceptors (Lipinski definition) is 6. The van der Waals surface area contributed by atoms with Gasteiger partial charge in [0.15, 0.2) is 11.6 Å². The molecule has 0 atom stereocenters. The van der Waals surface area contributed by atoms with E-state index in [4.69, 9.17) is 0 Å². The Kier molecular flexibility index (Phi) is 5.90. The van der Waals surface area contributed by atoms with Crippen molar-refractivity contribution in [3.8, 4) is 11.5 Å². The lowest BCUT2D eigenvalue weighted by atomic mass is 10.2. The smallest absolute Gasteiger partial charge is 0.349 e. The summed E-state index contributed by atoms with van der Waals surface area (Å²) in [6.45, 7) is -1.55. The predicted octanol–water partition coefficient (Wildman–Crippen LogP) is 3.80. The van der Waals surface area contributed by atoms with Gasteiger partial charge in [-0.25, -0.2) is 17.6 Å². The first kappa shape index (κ1) is 20.7. The van der Waals surface area contributed by atoms with Gasteiger partial charge >= 0.3 is 11.4 Å². The van der Waals surface area contributed by atoms with Crippen molar-refractivity contribution in [3.05, 3.63) is 67.3 Å². The molecule has 0 saturated carbocycles. The maximum absolute atomic E-state index is 13.5. The second kappa shape index (κ2) is 7.98. The maximum atomic E-state index is 13.5. The molecule has 0 N–H and O–H groups in total. The van der Waals surface area contributed by atoms with Crippen molar-refractivity contribution in [1.29, 1.82) is 0 Å². The highest BCUT2D eigenvalue weighted by atomic mass is 19.2. The van der Waals surface area contributed by atoms with Crippen LogP contribution in [0.5, 0.6) is 11.5 Å². The first-order chi connectivity index (χ1) is 13.1. The zero-order valence-electron chi connectivity index (χ0n) is 13.2. The molecule has 2 aromatic rings. The lowest BCUT2D eigenvalue weighted by Crippen LogP contribution is -2.13. The van der Waals surface area contributed by atoms with E-state index in [1.165, 1.54) is 0 Å². The first-order valence-electron chi connectivity index (χ1n) is 6.95. The van der Waals surface area contributed by atoms with E-state index in [0.29, 0.717) is 0 Å². The molecule has 0 fully saturated rings. The van der Waals surface area contributed by atoms with Crippen LogP contribution in [0.15, 0.2) is 12.1 Å². The summed E-state index contributed by atoms with van der Waals surface area (Å²) in [5.74, 6) is -14.1. The van der Waals surface area contributed by atoms with Crippen LogP contribution in [0.4, 0.5) is 37.7 Å². The molecule has 0 saturated heterocycles. The highest BCUT2D eigenvalue weighted by Crippen LogP contribution is 2.34. The van der Waals surface area contributed by atoms with E-state index < -0.39 is 80.8 Å². The second-order valence-corrected chi connectivity index (χ2v) is 4.88. The topological polar surface area (TPSA) is 105 Å². The number of halogens is 6. The fourth-order valence-electron chi connectivity index (χ4n) is 1.99. The van der Waals surface area contributed by atoms with Gasteiger partial charge in [0.05, 0.1) is 9.85 Å². The minimum Gasteiger partial charge on any atom is -0.483 e. The molecule has 2 rings (SSSR count). The molecular formula is C14H6F6N2O6. The maximum Gasteiger partial charge on any atom is 0.349 e. The molecule has 14 heteroatoms. The Bertz CT molecular complexity index is 893. The standard InChI is InChI=1S/C14H6F6N2O6/c15-5-3-7(13(21(23)24)11(19)9(5)17)27-1-2-28-8-4-6(16)10(18)12(20)14(8)22(25)26/h3-4H,1-2H2. The zero-order chi connectivity index (χ0) is 21.2. The number of nitro groups is 2. The molecule has 0 spiro atoms. The van der Waals surface area contributed by atoms with E-state index in [9.17, 15) is 46.6 Å². The largest absolute Gasteiger partial charge is 0.483 e. The van der Waals surface area contributed by atoms with Crippen LogP contribution in [0.3, 0.4) is 0 Å². The van der Waals surface area contributed by atoms with Crippen LogP contribution in [-0.2, 0) is 0 Å². The van der Waals surface area contributed by atoms with Crippen molar-refractivity contribution in [2.75, 3.05) is 13.2 Å². The molecule has 0 aliphatic heterocycles. The monoisotopic (exact) mass is 412 g/mol. The van der Waals surface area contributed by atoms with Crippen molar-refractivity contribution in [2.24, 2.45) is 0 Å². The minimum absolute atomic E-state index is 0.177. The fraction of sp³-hybridized carbons (Fsp3) is 0.143. The third-order valence-corrected chi connectivity index (χ3v) is 3.17. The van der Waals surface area contributed by atoms with Gasteiger partial charge in [0.2, 0.25) is 34.8 Å². The minimum atomic E-state index is -2.13. The van der Waals surface area contributed by atoms with Gasteiger partial charge in [0.25, 0.3) is 0 Å². The number of nitrogens with zero attached hydrogens (tertiary/aromatic N) is 2. The van der Waals surface area contributed by atoms with E-state index in [-0.39, 0.29) is 12.1 Å². The Morgan fingerprint density at radius 3 is 1.29 bits per heavy atom. The Hall–Kier alpha value is -3.58. The third kappa shape index (κ3) is 3.89. The molecule has 0 amide bonds. The summed E-state index contributed by atoms with van der Waals surface area (Å²) < 4.78 is 88.8. The van der Waals surface area contributed by atoms with E-state index in [1.807, 2.05) is 0 Å². The van der Waals surface area contributed by atoms with Crippen LogP contribution in [0, 0.1) is 55.1 Å². The van der Waals surface area contributed by atoms with E-state index >= 15 is 0 Å². The van der Waals surface area contributed by atoms with Crippen LogP contribution >= 0.6 is 0 Å². The fourth-order valence-corrected chi connectivity index (χ4v) is 1.99. The van der Waals surface area contributed by atoms with Crippen molar-refractivity contribution in [1.82, 2.24) is 0 Å². The summed E-state index contributed by atoms with van der Waals surface area (Å²) in [6, 6.07) is 0.354. The Labute approximate surface area is 150 Å². The Balaban J connectivity index is 2.19. The van der Waals surface area contributed by atoms with Crippen LogP contribution in [0.1, 0.15) is 0 Å². The first-order valence-corrected chi connectivity index (χ1v) is 6.95. The average Bonchev–Trinajstić information content (AvgIpc) is 2.60. The van der Waals surface area contributed by atoms with Gasteiger partial charge < -0.3 is 9.47 Å². The second-order valence-electron chi connectivity index (χ2n) is 4.88. The summed E-state index contributed by atoms with van der Waals surface area (Å²) in [4.78, 5) is 18.7. The molecular weight excluding hydrogens is 406 g/mol. The van der Waals surface area contributed by atoms with Gasteiger partial charge in [-0.3, -0.25) is 20.2 Å². The summed E-state index contributed by atoms with van der Waals surface area (Å²) >= 11 is 0.